The van der Waals surface area contributed by atoms with Crippen LogP contribution >= 0.6 is 12.0 Å². The van der Waals surface area contributed by atoms with Crippen molar-refractivity contribution in [1.82, 2.24) is 0 Å². The number of nitrogens with zero attached hydrogens (tertiary/aromatic N) is 1. The van der Waals surface area contributed by atoms with Crippen LogP contribution in [0.1, 0.15) is 6.42 Å². The highest BCUT2D eigenvalue weighted by atomic mass is 32.2. The van der Waals surface area contributed by atoms with Crippen LogP contribution in [0, 0.1) is 4.91 Å². The molecule has 14 heavy (non-hydrogen) atoms. The zero-order chi connectivity index (χ0) is 10.7. The molecule has 5 atom stereocenters. The van der Waals surface area contributed by atoms with E-state index in [-0.39, 0.29) is 6.42 Å². The number of aliphatic hydroxyl groups excluding tert-OH is 2. The topological polar surface area (TPSA) is 99.4 Å². The third kappa shape index (κ3) is 2.06. The molecule has 0 aromatic heterocycles. The predicted octanol–water partition coefficient (Wildman–Crippen LogP) is -0.163. The van der Waals surface area contributed by atoms with Crippen LogP contribution < -0.4 is 0 Å². The molecule has 1 rings (SSSR count). The smallest absolute Gasteiger partial charge is 0.134 e. The molecule has 0 aromatic rings. The maximum Gasteiger partial charge on any atom is 0.134 e. The Morgan fingerprint density at radius 2 is 2.14 bits per heavy atom. The number of ether oxygens (including phenoxy) is 1. The Morgan fingerprint density at radius 3 is 2.57 bits per heavy atom. The molecule has 7 heteroatoms. The van der Waals surface area contributed by atoms with Crippen molar-refractivity contribution in [3.63, 3.8) is 0 Å². The number of rotatable bonds is 3. The molecule has 6 nitrogen and oxygen atoms in total. The van der Waals surface area contributed by atoms with Gasteiger partial charge in [-0.05, 0) is 12.0 Å². The summed E-state index contributed by atoms with van der Waals surface area (Å²) in [5, 5.41) is 21.0. The molecule has 0 heterocycles. The molecular weight excluding hydrogens is 210 g/mol. The van der Waals surface area contributed by atoms with E-state index in [4.69, 9.17) is 9.29 Å². The minimum atomic E-state index is -0.999. The van der Waals surface area contributed by atoms with Crippen LogP contribution in [0.25, 0.3) is 0 Å². The highest BCUT2D eigenvalue weighted by Crippen LogP contribution is 2.31. The van der Waals surface area contributed by atoms with Gasteiger partial charge in [-0.3, -0.25) is 0 Å². The van der Waals surface area contributed by atoms with Gasteiger partial charge < -0.3 is 19.5 Å². The Bertz CT molecular complexity index is 205. The van der Waals surface area contributed by atoms with Crippen molar-refractivity contribution in [3.05, 3.63) is 4.91 Å². The first-order valence-electron chi connectivity index (χ1n) is 4.17. The van der Waals surface area contributed by atoms with Gasteiger partial charge in [-0.25, -0.2) is 0 Å². The first-order valence-corrected chi connectivity index (χ1v) is 5.01. The molecule has 2 unspecified atom stereocenters. The number of methoxy groups -OCH3 is 1. The lowest BCUT2D eigenvalue weighted by molar-refractivity contribution is -0.0737. The van der Waals surface area contributed by atoms with Gasteiger partial charge in [0, 0.05) is 13.5 Å². The fourth-order valence-corrected chi connectivity index (χ4v) is 2.30. The van der Waals surface area contributed by atoms with Crippen molar-refractivity contribution >= 4 is 12.0 Å². The summed E-state index contributed by atoms with van der Waals surface area (Å²) in [4.78, 5) is 10.4. The summed E-state index contributed by atoms with van der Waals surface area (Å²) >= 11 is 0.326. The van der Waals surface area contributed by atoms with E-state index < -0.39 is 29.6 Å². The minimum Gasteiger partial charge on any atom is -0.391 e. The minimum absolute atomic E-state index is 0.144. The lowest BCUT2D eigenvalue weighted by Crippen LogP contribution is -2.54. The highest BCUT2D eigenvalue weighted by molar-refractivity contribution is 7.94. The maximum atomic E-state index is 10.4. The van der Waals surface area contributed by atoms with E-state index in [9.17, 15) is 15.1 Å². The van der Waals surface area contributed by atoms with Crippen molar-refractivity contribution in [2.24, 2.45) is 5.18 Å². The molecule has 0 bridgehead atoms. The van der Waals surface area contributed by atoms with Crippen molar-refractivity contribution in [3.8, 4) is 0 Å². The van der Waals surface area contributed by atoms with Gasteiger partial charge in [0.15, 0.2) is 0 Å². The van der Waals surface area contributed by atoms with Gasteiger partial charge in [-0.15, -0.1) is 0 Å². The second-order valence-electron chi connectivity index (χ2n) is 3.23. The summed E-state index contributed by atoms with van der Waals surface area (Å²) in [6, 6.07) is -0.994. The summed E-state index contributed by atoms with van der Waals surface area (Å²) in [5.74, 6) is 0. The first-order chi connectivity index (χ1) is 6.65. The number of aliphatic hydroxyl groups is 2. The Labute approximate surface area is 85.4 Å². The monoisotopic (exact) mass is 223 g/mol. The Hall–Kier alpha value is -0.210. The Kier molecular flexibility index (Phi) is 4.27. The second kappa shape index (κ2) is 5.04. The standard InChI is InChI=1S/C7H13NO5S/c1-13-4-2-3(9)5(8-11)7(14-12)6(4)10/h3-7,9-10,12H,2H2,1H3/t3-,4?,5-,6+,7?/m1/s1. The number of nitroso groups, excluding NO2 is 1. The van der Waals surface area contributed by atoms with Gasteiger partial charge in [0.2, 0.25) is 0 Å². The molecule has 0 amide bonds. The molecule has 0 spiro atoms. The summed E-state index contributed by atoms with van der Waals surface area (Å²) in [5.41, 5.74) is 0. The van der Waals surface area contributed by atoms with Gasteiger partial charge >= 0.3 is 0 Å². The normalized spacial score (nSPS) is 43.6. The summed E-state index contributed by atoms with van der Waals surface area (Å²) in [6.07, 6.45) is -2.41. The van der Waals surface area contributed by atoms with E-state index in [1.54, 1.807) is 0 Å². The largest absolute Gasteiger partial charge is 0.391 e. The van der Waals surface area contributed by atoms with Crippen LogP contribution in [-0.2, 0) is 4.74 Å². The lowest BCUT2D eigenvalue weighted by atomic mass is 9.88. The molecule has 0 aliphatic heterocycles. The van der Waals surface area contributed by atoms with Crippen LogP contribution in [0.3, 0.4) is 0 Å². The number of hydrogen-bond donors (Lipinski definition) is 3. The van der Waals surface area contributed by atoms with Gasteiger partial charge in [0.25, 0.3) is 0 Å². The molecule has 1 aliphatic carbocycles. The highest BCUT2D eigenvalue weighted by Gasteiger charge is 2.45. The summed E-state index contributed by atoms with van der Waals surface area (Å²) in [7, 11) is 1.40. The van der Waals surface area contributed by atoms with E-state index in [1.165, 1.54) is 7.11 Å². The van der Waals surface area contributed by atoms with Crippen molar-refractivity contribution < 1.29 is 19.5 Å². The van der Waals surface area contributed by atoms with Crippen molar-refractivity contribution in [1.29, 1.82) is 0 Å². The molecule has 0 aromatic carbocycles. The van der Waals surface area contributed by atoms with E-state index in [0.717, 1.165) is 0 Å². The lowest BCUT2D eigenvalue weighted by Gasteiger charge is -2.37. The molecule has 1 fully saturated rings. The molecule has 1 saturated carbocycles. The van der Waals surface area contributed by atoms with E-state index >= 15 is 0 Å². The molecule has 0 radical (unpaired) electrons. The second-order valence-corrected chi connectivity index (χ2v) is 3.99. The Morgan fingerprint density at radius 1 is 1.50 bits per heavy atom. The average molecular weight is 223 g/mol. The zero-order valence-corrected chi connectivity index (χ0v) is 8.42. The third-order valence-corrected chi connectivity index (χ3v) is 3.27. The van der Waals surface area contributed by atoms with Crippen LogP contribution in [0.5, 0.6) is 0 Å². The van der Waals surface area contributed by atoms with Crippen LogP contribution in [0.15, 0.2) is 5.18 Å². The van der Waals surface area contributed by atoms with Gasteiger partial charge in [0.1, 0.15) is 6.04 Å². The zero-order valence-electron chi connectivity index (χ0n) is 7.61. The van der Waals surface area contributed by atoms with Gasteiger partial charge in [-0.1, -0.05) is 5.18 Å². The predicted molar refractivity (Wildman–Crippen MR) is 51.0 cm³/mol. The van der Waals surface area contributed by atoms with Gasteiger partial charge in [0.05, 0.1) is 23.6 Å². The maximum absolute atomic E-state index is 10.4. The number of hydrogen-bond acceptors (Lipinski definition) is 7. The molecule has 1 aliphatic rings. The Balaban J connectivity index is 2.78. The fourth-order valence-electron chi connectivity index (χ4n) is 1.64. The van der Waals surface area contributed by atoms with E-state index in [0.29, 0.717) is 12.0 Å². The quantitative estimate of drug-likeness (QED) is 0.454. The van der Waals surface area contributed by atoms with Crippen LogP contribution in [0.2, 0.25) is 0 Å². The molecule has 3 N–H and O–H groups in total. The third-order valence-electron chi connectivity index (χ3n) is 2.47. The van der Waals surface area contributed by atoms with Crippen LogP contribution in [0.4, 0.5) is 0 Å². The SMILES string of the molecule is COC1C[C@@H](O)[C@@H](N=O)C(SO)[C@H]1O. The van der Waals surface area contributed by atoms with Crippen molar-refractivity contribution in [2.45, 2.75) is 36.0 Å². The van der Waals surface area contributed by atoms with Crippen LogP contribution in [-0.4, -0.2) is 51.5 Å². The van der Waals surface area contributed by atoms with E-state index in [2.05, 4.69) is 5.18 Å². The molecule has 82 valence electrons. The average Bonchev–Trinajstić information content (AvgIpc) is 2.20. The first kappa shape index (κ1) is 11.9. The molecular formula is C7H13NO5S. The van der Waals surface area contributed by atoms with Gasteiger partial charge in [-0.2, -0.15) is 4.91 Å². The van der Waals surface area contributed by atoms with E-state index in [1.807, 2.05) is 0 Å². The fraction of sp³-hybridized carbons (Fsp3) is 1.00. The van der Waals surface area contributed by atoms with Crippen molar-refractivity contribution in [2.75, 3.05) is 7.11 Å². The summed E-state index contributed by atoms with van der Waals surface area (Å²) in [6.45, 7) is 0. The summed E-state index contributed by atoms with van der Waals surface area (Å²) < 4.78 is 13.8. The molecule has 0 saturated heterocycles.